The lowest BCUT2D eigenvalue weighted by molar-refractivity contribution is -0.133. The molecule has 0 saturated carbocycles. The predicted octanol–water partition coefficient (Wildman–Crippen LogP) is 0.354. The molecule has 0 aromatic heterocycles. The SMILES string of the molecule is C=C(COc1ccccc1S(N)(=O)=O)C(=O)O. The monoisotopic (exact) mass is 257 g/mol. The molecule has 0 saturated heterocycles. The van der Waals surface area contributed by atoms with Crippen molar-refractivity contribution in [3.8, 4) is 5.75 Å². The van der Waals surface area contributed by atoms with Gasteiger partial charge in [-0.05, 0) is 12.1 Å². The molecule has 17 heavy (non-hydrogen) atoms. The normalized spacial score (nSPS) is 10.9. The lowest BCUT2D eigenvalue weighted by Gasteiger charge is -2.09. The number of para-hydroxylation sites is 1. The summed E-state index contributed by atoms with van der Waals surface area (Å²) in [5.41, 5.74) is -0.186. The molecule has 0 aliphatic carbocycles. The second-order valence-corrected chi connectivity index (χ2v) is 4.72. The van der Waals surface area contributed by atoms with Gasteiger partial charge in [-0.25, -0.2) is 18.4 Å². The summed E-state index contributed by atoms with van der Waals surface area (Å²) < 4.78 is 27.4. The number of carboxylic acid groups (broad SMARTS) is 1. The van der Waals surface area contributed by atoms with Gasteiger partial charge in [-0.2, -0.15) is 0 Å². The standard InChI is InChI=1S/C10H11NO5S/c1-7(10(12)13)6-16-8-4-2-3-5-9(8)17(11,14)15/h2-5H,1,6H2,(H,12,13)(H2,11,14,15). The maximum Gasteiger partial charge on any atom is 0.334 e. The summed E-state index contributed by atoms with van der Waals surface area (Å²) in [6.45, 7) is 2.94. The van der Waals surface area contributed by atoms with E-state index in [-0.39, 0.29) is 22.8 Å². The Labute approximate surface area is 98.4 Å². The number of aliphatic carboxylic acids is 1. The summed E-state index contributed by atoms with van der Waals surface area (Å²) in [6, 6.07) is 5.69. The number of primary sulfonamides is 1. The zero-order chi connectivity index (χ0) is 13.1. The van der Waals surface area contributed by atoms with E-state index in [0.717, 1.165) is 0 Å². The van der Waals surface area contributed by atoms with Crippen LogP contribution in [0.15, 0.2) is 41.3 Å². The van der Waals surface area contributed by atoms with Gasteiger partial charge in [0.1, 0.15) is 17.3 Å². The summed E-state index contributed by atoms with van der Waals surface area (Å²) in [4.78, 5) is 10.3. The first-order chi connectivity index (χ1) is 7.82. The smallest absolute Gasteiger partial charge is 0.334 e. The summed E-state index contributed by atoms with van der Waals surface area (Å²) in [6.07, 6.45) is 0. The Morgan fingerprint density at radius 3 is 2.53 bits per heavy atom. The first-order valence-electron chi connectivity index (χ1n) is 4.48. The number of carbonyl (C=O) groups is 1. The largest absolute Gasteiger partial charge is 0.487 e. The van der Waals surface area contributed by atoms with Crippen LogP contribution in [0.4, 0.5) is 0 Å². The Hall–Kier alpha value is -1.86. The molecule has 0 bridgehead atoms. The number of nitrogens with two attached hydrogens (primary N) is 1. The van der Waals surface area contributed by atoms with Crippen molar-refractivity contribution in [2.75, 3.05) is 6.61 Å². The van der Waals surface area contributed by atoms with E-state index < -0.39 is 16.0 Å². The maximum absolute atomic E-state index is 11.2. The number of carboxylic acids is 1. The van der Waals surface area contributed by atoms with Gasteiger partial charge in [0.05, 0.1) is 5.57 Å². The first-order valence-corrected chi connectivity index (χ1v) is 6.02. The third-order valence-electron chi connectivity index (χ3n) is 1.86. The van der Waals surface area contributed by atoms with Crippen LogP contribution in [0.1, 0.15) is 0 Å². The zero-order valence-corrected chi connectivity index (χ0v) is 9.61. The van der Waals surface area contributed by atoms with Gasteiger partial charge in [0.25, 0.3) is 0 Å². The molecule has 92 valence electrons. The number of hydrogen-bond donors (Lipinski definition) is 2. The molecule has 0 atom stereocenters. The molecule has 1 rings (SSSR count). The van der Waals surface area contributed by atoms with E-state index in [9.17, 15) is 13.2 Å². The van der Waals surface area contributed by atoms with E-state index in [2.05, 4.69) is 6.58 Å². The number of rotatable bonds is 5. The fourth-order valence-electron chi connectivity index (χ4n) is 1.03. The highest BCUT2D eigenvalue weighted by Crippen LogP contribution is 2.22. The van der Waals surface area contributed by atoms with Gasteiger partial charge in [-0.3, -0.25) is 0 Å². The Morgan fingerprint density at radius 2 is 2.00 bits per heavy atom. The molecule has 1 aromatic rings. The van der Waals surface area contributed by atoms with E-state index in [0.29, 0.717) is 0 Å². The highest BCUT2D eigenvalue weighted by atomic mass is 32.2. The maximum atomic E-state index is 11.2. The average molecular weight is 257 g/mol. The lowest BCUT2D eigenvalue weighted by Crippen LogP contribution is -2.15. The van der Waals surface area contributed by atoms with Crippen LogP contribution < -0.4 is 9.88 Å². The fraction of sp³-hybridized carbons (Fsp3) is 0.100. The van der Waals surface area contributed by atoms with Gasteiger partial charge < -0.3 is 9.84 Å². The van der Waals surface area contributed by atoms with Crippen molar-refractivity contribution in [1.29, 1.82) is 0 Å². The molecule has 0 aliphatic heterocycles. The predicted molar refractivity (Wildman–Crippen MR) is 60.1 cm³/mol. The molecule has 1 aromatic carbocycles. The van der Waals surface area contributed by atoms with Crippen LogP contribution >= 0.6 is 0 Å². The zero-order valence-electron chi connectivity index (χ0n) is 8.79. The van der Waals surface area contributed by atoms with Crippen molar-refractivity contribution >= 4 is 16.0 Å². The number of benzene rings is 1. The summed E-state index contributed by atoms with van der Waals surface area (Å²) >= 11 is 0. The molecule has 0 amide bonds. The van der Waals surface area contributed by atoms with Crippen LogP contribution in [0, 0.1) is 0 Å². The van der Waals surface area contributed by atoms with Gasteiger partial charge in [0.2, 0.25) is 10.0 Å². The molecule has 3 N–H and O–H groups in total. The molecule has 6 nitrogen and oxygen atoms in total. The summed E-state index contributed by atoms with van der Waals surface area (Å²) in [5, 5.41) is 13.5. The quantitative estimate of drug-likeness (QED) is 0.740. The second kappa shape index (κ2) is 4.98. The van der Waals surface area contributed by atoms with Crippen LogP contribution in [-0.2, 0) is 14.8 Å². The van der Waals surface area contributed by atoms with Crippen molar-refractivity contribution in [3.05, 3.63) is 36.4 Å². The summed E-state index contributed by atoms with van der Waals surface area (Å²) in [7, 11) is -3.90. The molecule has 0 aliphatic rings. The molecular weight excluding hydrogens is 246 g/mol. The Morgan fingerprint density at radius 1 is 1.41 bits per heavy atom. The highest BCUT2D eigenvalue weighted by Gasteiger charge is 2.15. The van der Waals surface area contributed by atoms with Gasteiger partial charge in [0.15, 0.2) is 0 Å². The Balaban J connectivity index is 2.93. The third-order valence-corrected chi connectivity index (χ3v) is 2.81. The molecule has 0 unspecified atom stereocenters. The van der Waals surface area contributed by atoms with E-state index in [1.807, 2.05) is 0 Å². The highest BCUT2D eigenvalue weighted by molar-refractivity contribution is 7.89. The minimum atomic E-state index is -3.90. The fourth-order valence-corrected chi connectivity index (χ4v) is 1.71. The van der Waals surface area contributed by atoms with E-state index >= 15 is 0 Å². The van der Waals surface area contributed by atoms with E-state index in [4.69, 9.17) is 15.0 Å². The lowest BCUT2D eigenvalue weighted by atomic mass is 10.3. The van der Waals surface area contributed by atoms with Crippen molar-refractivity contribution in [2.45, 2.75) is 4.90 Å². The van der Waals surface area contributed by atoms with Crippen LogP contribution in [0.3, 0.4) is 0 Å². The van der Waals surface area contributed by atoms with Crippen molar-refractivity contribution in [1.82, 2.24) is 0 Å². The van der Waals surface area contributed by atoms with Crippen LogP contribution in [-0.4, -0.2) is 26.1 Å². The first kappa shape index (κ1) is 13.2. The Bertz CT molecular complexity index is 550. The van der Waals surface area contributed by atoms with Crippen LogP contribution in [0.5, 0.6) is 5.75 Å². The summed E-state index contributed by atoms with van der Waals surface area (Å²) in [5.74, 6) is -1.21. The number of hydrogen-bond acceptors (Lipinski definition) is 4. The number of sulfonamides is 1. The minimum Gasteiger partial charge on any atom is -0.487 e. The molecular formula is C10H11NO5S. The molecule has 0 spiro atoms. The average Bonchev–Trinajstić information content (AvgIpc) is 2.24. The van der Waals surface area contributed by atoms with Crippen molar-refractivity contribution < 1.29 is 23.1 Å². The topological polar surface area (TPSA) is 107 Å². The second-order valence-electron chi connectivity index (χ2n) is 3.19. The van der Waals surface area contributed by atoms with E-state index in [1.54, 1.807) is 6.07 Å². The van der Waals surface area contributed by atoms with Gasteiger partial charge in [-0.1, -0.05) is 18.7 Å². The molecule has 0 heterocycles. The van der Waals surface area contributed by atoms with Crippen LogP contribution in [0.2, 0.25) is 0 Å². The van der Waals surface area contributed by atoms with Crippen molar-refractivity contribution in [3.63, 3.8) is 0 Å². The Kier molecular flexibility index (Phi) is 3.87. The molecule has 0 fully saturated rings. The van der Waals surface area contributed by atoms with E-state index in [1.165, 1.54) is 18.2 Å². The minimum absolute atomic E-state index is 0.00241. The van der Waals surface area contributed by atoms with Gasteiger partial charge in [0, 0.05) is 0 Å². The van der Waals surface area contributed by atoms with Crippen LogP contribution in [0.25, 0.3) is 0 Å². The van der Waals surface area contributed by atoms with Gasteiger partial charge in [-0.15, -0.1) is 0 Å². The van der Waals surface area contributed by atoms with Crippen molar-refractivity contribution in [2.24, 2.45) is 5.14 Å². The van der Waals surface area contributed by atoms with Gasteiger partial charge >= 0.3 is 5.97 Å². The molecule has 7 heteroatoms. The molecule has 0 radical (unpaired) electrons. The third kappa shape index (κ3) is 3.58. The number of ether oxygens (including phenoxy) is 1.